The lowest BCUT2D eigenvalue weighted by molar-refractivity contribution is -0.545. The summed E-state index contributed by atoms with van der Waals surface area (Å²) >= 11 is 0. The summed E-state index contributed by atoms with van der Waals surface area (Å²) in [5.74, 6) is 0. The number of rotatable bonds is 1. The fourth-order valence-electron chi connectivity index (χ4n) is 2.28. The lowest BCUT2D eigenvalue weighted by atomic mass is 9.87. The normalized spacial score (nSPS) is 17.6. The van der Waals surface area contributed by atoms with Gasteiger partial charge in [-0.3, -0.25) is 10.1 Å². The molecule has 84 valence electrons. The minimum Gasteiger partial charge on any atom is -0.258 e. The first kappa shape index (κ1) is 10.8. The molecule has 0 aromatic heterocycles. The quantitative estimate of drug-likeness (QED) is 0.561. The molecule has 0 spiro atoms. The van der Waals surface area contributed by atoms with Crippen LogP contribution in [0.25, 0.3) is 0 Å². The largest absolute Gasteiger partial charge is 0.270 e. The molecular weight excluding hydrogens is 204 g/mol. The van der Waals surface area contributed by atoms with Gasteiger partial charge in [0.15, 0.2) is 11.3 Å². The third-order valence-corrected chi connectivity index (χ3v) is 2.87. The topological polar surface area (TPSA) is 57.1 Å². The summed E-state index contributed by atoms with van der Waals surface area (Å²) in [6.45, 7) is 6.21. The van der Waals surface area contributed by atoms with Gasteiger partial charge in [0, 0.05) is 39.3 Å². The van der Waals surface area contributed by atoms with Gasteiger partial charge in [-0.15, -0.1) is 0 Å². The molecule has 1 aliphatic rings. The lowest BCUT2D eigenvalue weighted by Gasteiger charge is -2.21. The Kier molecular flexibility index (Phi) is 2.30. The first-order valence-electron chi connectivity index (χ1n) is 5.28. The zero-order chi connectivity index (χ0) is 11.9. The van der Waals surface area contributed by atoms with Crippen LogP contribution in [-0.4, -0.2) is 16.2 Å². The van der Waals surface area contributed by atoms with Crippen LogP contribution in [0.3, 0.4) is 0 Å². The maximum Gasteiger partial charge on any atom is 0.270 e. The molecule has 16 heavy (non-hydrogen) atoms. The second-order valence-electron chi connectivity index (χ2n) is 4.91. The number of nitro groups is 1. The van der Waals surface area contributed by atoms with Crippen LogP contribution >= 0.6 is 0 Å². The van der Waals surface area contributed by atoms with E-state index in [2.05, 4.69) is 18.8 Å². The van der Waals surface area contributed by atoms with Gasteiger partial charge in [-0.2, -0.15) is 0 Å². The predicted octanol–water partition coefficient (Wildman–Crippen LogP) is 0.819. The summed E-state index contributed by atoms with van der Waals surface area (Å²) in [6, 6.07) is 5.08. The molecule has 4 heteroatoms. The van der Waals surface area contributed by atoms with Crippen LogP contribution in [0.4, 0.5) is 5.69 Å². The summed E-state index contributed by atoms with van der Waals surface area (Å²) in [6.07, 6.45) is 0.887. The maximum absolute atomic E-state index is 10.7. The van der Waals surface area contributed by atoms with Crippen molar-refractivity contribution in [1.82, 2.24) is 0 Å². The van der Waals surface area contributed by atoms with E-state index in [1.807, 2.05) is 13.0 Å². The SMILES string of the molecule is CC1=[NH+]C(C)(C)Cc2ccc([N+](=O)[O-])cc21. The van der Waals surface area contributed by atoms with E-state index in [0.717, 1.165) is 17.7 Å². The Morgan fingerprint density at radius 3 is 2.75 bits per heavy atom. The number of nitrogens with one attached hydrogen (secondary N) is 1. The van der Waals surface area contributed by atoms with Crippen molar-refractivity contribution >= 4 is 11.4 Å². The summed E-state index contributed by atoms with van der Waals surface area (Å²) in [4.78, 5) is 13.7. The Morgan fingerprint density at radius 2 is 2.12 bits per heavy atom. The third-order valence-electron chi connectivity index (χ3n) is 2.87. The smallest absolute Gasteiger partial charge is 0.258 e. The molecule has 4 nitrogen and oxygen atoms in total. The number of benzene rings is 1. The van der Waals surface area contributed by atoms with Crippen molar-refractivity contribution in [1.29, 1.82) is 0 Å². The number of hydrogen-bond donors (Lipinski definition) is 1. The molecule has 1 aliphatic heterocycles. The van der Waals surface area contributed by atoms with Gasteiger partial charge in [0.2, 0.25) is 0 Å². The first-order chi connectivity index (χ1) is 7.39. The molecule has 0 bridgehead atoms. The standard InChI is InChI=1S/C12H14N2O2/c1-8-11-6-10(14(15)16)5-4-9(11)7-12(2,3)13-8/h4-6H,7H2,1-3H3/p+1. The van der Waals surface area contributed by atoms with Gasteiger partial charge >= 0.3 is 0 Å². The number of nitrogens with zero attached hydrogens (tertiary/aromatic N) is 1. The second-order valence-corrected chi connectivity index (χ2v) is 4.91. The van der Waals surface area contributed by atoms with E-state index in [1.54, 1.807) is 12.1 Å². The molecule has 1 N–H and O–H groups in total. The molecule has 2 rings (SSSR count). The zero-order valence-electron chi connectivity index (χ0n) is 9.70. The van der Waals surface area contributed by atoms with Crippen LogP contribution in [0.15, 0.2) is 18.2 Å². The molecule has 0 fully saturated rings. The van der Waals surface area contributed by atoms with Crippen LogP contribution in [-0.2, 0) is 6.42 Å². The fourth-order valence-corrected chi connectivity index (χ4v) is 2.28. The highest BCUT2D eigenvalue weighted by Crippen LogP contribution is 2.22. The average Bonchev–Trinajstić information content (AvgIpc) is 2.15. The van der Waals surface area contributed by atoms with Gasteiger partial charge in [-0.1, -0.05) is 6.07 Å². The van der Waals surface area contributed by atoms with Crippen molar-refractivity contribution < 1.29 is 9.92 Å². The first-order valence-corrected chi connectivity index (χ1v) is 5.28. The van der Waals surface area contributed by atoms with E-state index < -0.39 is 0 Å². The van der Waals surface area contributed by atoms with Crippen molar-refractivity contribution in [2.75, 3.05) is 0 Å². The van der Waals surface area contributed by atoms with E-state index in [-0.39, 0.29) is 16.1 Å². The second kappa shape index (κ2) is 3.40. The van der Waals surface area contributed by atoms with Gasteiger partial charge in [0.05, 0.1) is 10.5 Å². The zero-order valence-corrected chi connectivity index (χ0v) is 9.70. The number of non-ortho nitro benzene ring substituents is 1. The Morgan fingerprint density at radius 1 is 1.44 bits per heavy atom. The maximum atomic E-state index is 10.7. The highest BCUT2D eigenvalue weighted by Gasteiger charge is 2.31. The van der Waals surface area contributed by atoms with Crippen LogP contribution in [0.1, 0.15) is 31.9 Å². The molecule has 0 atom stereocenters. The van der Waals surface area contributed by atoms with Crippen molar-refractivity contribution in [2.45, 2.75) is 32.7 Å². The Labute approximate surface area is 94.2 Å². The molecule has 0 saturated carbocycles. The van der Waals surface area contributed by atoms with Crippen LogP contribution in [0.5, 0.6) is 0 Å². The summed E-state index contributed by atoms with van der Waals surface area (Å²) < 4.78 is 0. The number of hydrogen-bond acceptors (Lipinski definition) is 2. The Balaban J connectivity index is 2.54. The molecule has 0 radical (unpaired) electrons. The molecule has 1 aromatic carbocycles. The fraction of sp³-hybridized carbons (Fsp3) is 0.417. The third kappa shape index (κ3) is 1.83. The van der Waals surface area contributed by atoms with Gasteiger partial charge in [-0.05, 0) is 5.56 Å². The molecular formula is C12H15N2O2+. The van der Waals surface area contributed by atoms with Crippen molar-refractivity contribution in [3.8, 4) is 0 Å². The van der Waals surface area contributed by atoms with E-state index >= 15 is 0 Å². The Hall–Kier alpha value is -1.71. The van der Waals surface area contributed by atoms with Crippen LogP contribution < -0.4 is 4.99 Å². The molecule has 0 saturated heterocycles. The monoisotopic (exact) mass is 219 g/mol. The minimum absolute atomic E-state index is 0.0210. The van der Waals surface area contributed by atoms with E-state index in [1.165, 1.54) is 5.56 Å². The lowest BCUT2D eigenvalue weighted by Crippen LogP contribution is -2.87. The van der Waals surface area contributed by atoms with E-state index in [4.69, 9.17) is 0 Å². The highest BCUT2D eigenvalue weighted by atomic mass is 16.6. The van der Waals surface area contributed by atoms with Gasteiger partial charge in [-0.25, -0.2) is 4.99 Å². The molecule has 0 aliphatic carbocycles. The predicted molar refractivity (Wildman–Crippen MR) is 61.6 cm³/mol. The number of fused-ring (bicyclic) bond motifs is 1. The molecule has 1 heterocycles. The van der Waals surface area contributed by atoms with E-state index in [0.29, 0.717) is 0 Å². The van der Waals surface area contributed by atoms with Crippen molar-refractivity contribution in [2.24, 2.45) is 0 Å². The Bertz CT molecular complexity index is 490. The molecule has 1 aromatic rings. The molecule has 0 amide bonds. The van der Waals surface area contributed by atoms with Crippen molar-refractivity contribution in [3.05, 3.63) is 39.4 Å². The van der Waals surface area contributed by atoms with Crippen LogP contribution in [0.2, 0.25) is 0 Å². The summed E-state index contributed by atoms with van der Waals surface area (Å²) in [5, 5.41) is 10.7. The minimum atomic E-state index is -0.354. The summed E-state index contributed by atoms with van der Waals surface area (Å²) in [7, 11) is 0. The summed E-state index contributed by atoms with van der Waals surface area (Å²) in [5.41, 5.74) is 3.32. The van der Waals surface area contributed by atoms with Crippen LogP contribution in [0, 0.1) is 10.1 Å². The van der Waals surface area contributed by atoms with Gasteiger partial charge < -0.3 is 0 Å². The average molecular weight is 219 g/mol. The molecule has 0 unspecified atom stereocenters. The van der Waals surface area contributed by atoms with Crippen molar-refractivity contribution in [3.63, 3.8) is 0 Å². The van der Waals surface area contributed by atoms with Gasteiger partial charge in [0.25, 0.3) is 5.69 Å². The van der Waals surface area contributed by atoms with E-state index in [9.17, 15) is 10.1 Å². The van der Waals surface area contributed by atoms with Gasteiger partial charge in [0.1, 0.15) is 0 Å². The number of nitro benzene ring substituents is 1. The highest BCUT2D eigenvalue weighted by molar-refractivity contribution is 5.97.